The number of hydrogen-bond donors (Lipinski definition) is 1. The fourth-order valence-corrected chi connectivity index (χ4v) is 1.72. The van der Waals surface area contributed by atoms with Crippen LogP contribution in [0.2, 0.25) is 0 Å². The maximum absolute atomic E-state index is 8.95. The molecular weight excluding hydrogens is 112 g/mol. The SMILES string of the molecule is OC1CC(CC2CC2)C1. The molecule has 2 aliphatic rings. The Bertz CT molecular complexity index is 101. The molecule has 2 saturated carbocycles. The molecule has 0 aromatic carbocycles. The first-order chi connectivity index (χ1) is 4.34. The van der Waals surface area contributed by atoms with Gasteiger partial charge in [0.2, 0.25) is 0 Å². The van der Waals surface area contributed by atoms with Crippen molar-refractivity contribution in [3.05, 3.63) is 0 Å². The van der Waals surface area contributed by atoms with E-state index in [1.807, 2.05) is 0 Å². The number of hydrogen-bond acceptors (Lipinski definition) is 1. The standard InChI is InChI=1S/C8H14O/c9-8-4-7(5-8)3-6-1-2-6/h6-9H,1-5H2. The van der Waals surface area contributed by atoms with Crippen molar-refractivity contribution in [2.24, 2.45) is 11.8 Å². The lowest BCUT2D eigenvalue weighted by Gasteiger charge is -2.31. The molecule has 0 aromatic rings. The molecule has 0 bridgehead atoms. The van der Waals surface area contributed by atoms with Crippen LogP contribution < -0.4 is 0 Å². The molecule has 2 aliphatic carbocycles. The smallest absolute Gasteiger partial charge is 0.0545 e. The lowest BCUT2D eigenvalue weighted by Crippen LogP contribution is -2.28. The minimum absolute atomic E-state index is 0.0637. The van der Waals surface area contributed by atoms with Crippen molar-refractivity contribution in [1.29, 1.82) is 0 Å². The Morgan fingerprint density at radius 3 is 2.22 bits per heavy atom. The molecule has 52 valence electrons. The van der Waals surface area contributed by atoms with E-state index in [4.69, 9.17) is 5.11 Å². The predicted molar refractivity (Wildman–Crippen MR) is 36.1 cm³/mol. The quantitative estimate of drug-likeness (QED) is 0.595. The first-order valence-corrected chi connectivity index (χ1v) is 4.02. The zero-order chi connectivity index (χ0) is 6.27. The summed E-state index contributed by atoms with van der Waals surface area (Å²) in [6, 6.07) is 0. The van der Waals surface area contributed by atoms with E-state index in [1.165, 1.54) is 19.3 Å². The van der Waals surface area contributed by atoms with Crippen molar-refractivity contribution in [1.82, 2.24) is 0 Å². The van der Waals surface area contributed by atoms with Crippen LogP contribution in [0.25, 0.3) is 0 Å². The van der Waals surface area contributed by atoms with Crippen molar-refractivity contribution in [2.45, 2.75) is 38.2 Å². The van der Waals surface area contributed by atoms with Gasteiger partial charge in [0.05, 0.1) is 6.10 Å². The van der Waals surface area contributed by atoms with Crippen LogP contribution in [0.3, 0.4) is 0 Å². The number of aliphatic hydroxyl groups excluding tert-OH is 1. The highest BCUT2D eigenvalue weighted by molar-refractivity contribution is 4.84. The lowest BCUT2D eigenvalue weighted by atomic mass is 9.79. The van der Waals surface area contributed by atoms with Gasteiger partial charge in [0.25, 0.3) is 0 Å². The van der Waals surface area contributed by atoms with Gasteiger partial charge >= 0.3 is 0 Å². The van der Waals surface area contributed by atoms with Gasteiger partial charge in [-0.25, -0.2) is 0 Å². The third kappa shape index (κ3) is 1.26. The highest BCUT2D eigenvalue weighted by Gasteiger charge is 2.32. The Morgan fingerprint density at radius 1 is 1.11 bits per heavy atom. The normalized spacial score (nSPS) is 42.3. The zero-order valence-corrected chi connectivity index (χ0v) is 5.71. The topological polar surface area (TPSA) is 20.2 Å². The zero-order valence-electron chi connectivity index (χ0n) is 5.71. The van der Waals surface area contributed by atoms with E-state index in [-0.39, 0.29) is 6.10 Å². The largest absolute Gasteiger partial charge is 0.393 e. The average molecular weight is 126 g/mol. The van der Waals surface area contributed by atoms with Gasteiger partial charge in [-0.15, -0.1) is 0 Å². The van der Waals surface area contributed by atoms with Gasteiger partial charge in [0.1, 0.15) is 0 Å². The van der Waals surface area contributed by atoms with Crippen molar-refractivity contribution < 1.29 is 5.11 Å². The molecular formula is C8H14O. The molecule has 0 radical (unpaired) electrons. The van der Waals surface area contributed by atoms with Crippen LogP contribution in [0.15, 0.2) is 0 Å². The molecule has 0 heterocycles. The maximum atomic E-state index is 8.95. The Kier molecular flexibility index (Phi) is 1.26. The fraction of sp³-hybridized carbons (Fsp3) is 1.00. The molecule has 0 amide bonds. The third-order valence-corrected chi connectivity index (χ3v) is 2.57. The summed E-state index contributed by atoms with van der Waals surface area (Å²) in [5.41, 5.74) is 0. The van der Waals surface area contributed by atoms with Crippen LogP contribution in [0.4, 0.5) is 0 Å². The summed E-state index contributed by atoms with van der Waals surface area (Å²) in [5, 5.41) is 8.95. The molecule has 1 N–H and O–H groups in total. The molecule has 0 unspecified atom stereocenters. The molecule has 1 nitrogen and oxygen atoms in total. The third-order valence-electron chi connectivity index (χ3n) is 2.57. The van der Waals surface area contributed by atoms with Gasteiger partial charge in [-0.3, -0.25) is 0 Å². The number of aliphatic hydroxyl groups is 1. The van der Waals surface area contributed by atoms with E-state index in [9.17, 15) is 0 Å². The molecule has 0 aliphatic heterocycles. The summed E-state index contributed by atoms with van der Waals surface area (Å²) in [5.74, 6) is 1.95. The Balaban J connectivity index is 1.64. The molecule has 2 fully saturated rings. The van der Waals surface area contributed by atoms with Crippen LogP contribution in [0.1, 0.15) is 32.1 Å². The summed E-state index contributed by atoms with van der Waals surface area (Å²) in [6.45, 7) is 0. The summed E-state index contributed by atoms with van der Waals surface area (Å²) >= 11 is 0. The van der Waals surface area contributed by atoms with Crippen LogP contribution in [-0.2, 0) is 0 Å². The predicted octanol–water partition coefficient (Wildman–Crippen LogP) is 1.56. The van der Waals surface area contributed by atoms with Crippen LogP contribution in [0.5, 0.6) is 0 Å². The van der Waals surface area contributed by atoms with Gasteiger partial charge in [0, 0.05) is 0 Å². The monoisotopic (exact) mass is 126 g/mol. The first-order valence-electron chi connectivity index (χ1n) is 4.02. The molecule has 2 rings (SSSR count). The fourth-order valence-electron chi connectivity index (χ4n) is 1.72. The summed E-state index contributed by atoms with van der Waals surface area (Å²) in [4.78, 5) is 0. The van der Waals surface area contributed by atoms with Crippen molar-refractivity contribution in [3.8, 4) is 0 Å². The van der Waals surface area contributed by atoms with E-state index in [0.717, 1.165) is 24.7 Å². The Morgan fingerprint density at radius 2 is 1.78 bits per heavy atom. The second kappa shape index (κ2) is 1.98. The minimum Gasteiger partial charge on any atom is -0.393 e. The Labute approximate surface area is 56.1 Å². The van der Waals surface area contributed by atoms with E-state index in [1.54, 1.807) is 0 Å². The lowest BCUT2D eigenvalue weighted by molar-refractivity contribution is 0.0367. The molecule has 0 atom stereocenters. The minimum atomic E-state index is 0.0637. The second-order valence-corrected chi connectivity index (χ2v) is 3.67. The molecule has 9 heavy (non-hydrogen) atoms. The highest BCUT2D eigenvalue weighted by atomic mass is 16.3. The molecule has 0 saturated heterocycles. The van der Waals surface area contributed by atoms with Crippen LogP contribution in [-0.4, -0.2) is 11.2 Å². The van der Waals surface area contributed by atoms with Gasteiger partial charge in [0.15, 0.2) is 0 Å². The van der Waals surface area contributed by atoms with Crippen molar-refractivity contribution >= 4 is 0 Å². The van der Waals surface area contributed by atoms with E-state index in [0.29, 0.717) is 0 Å². The Hall–Kier alpha value is -0.0400. The first kappa shape index (κ1) is 5.72. The number of rotatable bonds is 2. The summed E-state index contributed by atoms with van der Waals surface area (Å²) in [6.07, 6.45) is 6.59. The van der Waals surface area contributed by atoms with Gasteiger partial charge in [-0.1, -0.05) is 12.8 Å². The maximum Gasteiger partial charge on any atom is 0.0545 e. The second-order valence-electron chi connectivity index (χ2n) is 3.67. The van der Waals surface area contributed by atoms with Crippen molar-refractivity contribution in [3.63, 3.8) is 0 Å². The van der Waals surface area contributed by atoms with E-state index >= 15 is 0 Å². The molecule has 0 aromatic heterocycles. The average Bonchev–Trinajstić information content (AvgIpc) is 2.45. The van der Waals surface area contributed by atoms with Gasteiger partial charge < -0.3 is 5.11 Å². The molecule has 0 spiro atoms. The van der Waals surface area contributed by atoms with E-state index in [2.05, 4.69) is 0 Å². The van der Waals surface area contributed by atoms with Gasteiger partial charge in [-0.05, 0) is 31.1 Å². The van der Waals surface area contributed by atoms with Crippen molar-refractivity contribution in [2.75, 3.05) is 0 Å². The summed E-state index contributed by atoms with van der Waals surface area (Å²) in [7, 11) is 0. The molecule has 1 heteroatoms. The van der Waals surface area contributed by atoms with Crippen LogP contribution in [0, 0.1) is 11.8 Å². The van der Waals surface area contributed by atoms with Gasteiger partial charge in [-0.2, -0.15) is 0 Å². The highest BCUT2D eigenvalue weighted by Crippen LogP contribution is 2.41. The van der Waals surface area contributed by atoms with Crippen LogP contribution >= 0.6 is 0 Å². The van der Waals surface area contributed by atoms with E-state index < -0.39 is 0 Å². The summed E-state index contributed by atoms with van der Waals surface area (Å²) < 4.78 is 0.